The van der Waals surface area contributed by atoms with Gasteiger partial charge in [0.05, 0.1) is 0 Å². The number of hydrogen-bond acceptors (Lipinski definition) is 3. The number of carboxylic acids is 1. The van der Waals surface area contributed by atoms with Gasteiger partial charge in [0.1, 0.15) is 0 Å². The summed E-state index contributed by atoms with van der Waals surface area (Å²) in [6, 6.07) is 5.19. The van der Waals surface area contributed by atoms with Gasteiger partial charge in [-0.1, -0.05) is 13.8 Å². The lowest BCUT2D eigenvalue weighted by molar-refractivity contribution is 0.0664. The molecule has 0 aliphatic heterocycles. The molecule has 4 heteroatoms. The average molecular weight is 205 g/mol. The molecule has 0 saturated carbocycles. The molecule has 2 rings (SSSR count). The molecular weight excluding hydrogens is 194 g/mol. The highest BCUT2D eigenvalue weighted by Gasteiger charge is 2.12. The molecular formula is C11H11NO3. The second kappa shape index (κ2) is 3.38. The smallest absolute Gasteiger partial charge is 0.371 e. The van der Waals surface area contributed by atoms with E-state index in [1.165, 1.54) is 6.07 Å². The number of fused-ring (bicyclic) bond motifs is 1. The minimum atomic E-state index is -1.07. The van der Waals surface area contributed by atoms with Gasteiger partial charge < -0.3 is 9.52 Å². The Balaban J connectivity index is 2.57. The van der Waals surface area contributed by atoms with Crippen molar-refractivity contribution in [1.82, 2.24) is 4.98 Å². The molecule has 0 aromatic carbocycles. The minimum absolute atomic E-state index is 0.0709. The monoisotopic (exact) mass is 205 g/mol. The highest BCUT2D eigenvalue weighted by molar-refractivity contribution is 5.90. The third-order valence-corrected chi connectivity index (χ3v) is 2.21. The van der Waals surface area contributed by atoms with E-state index >= 15 is 0 Å². The van der Waals surface area contributed by atoms with Crippen molar-refractivity contribution in [2.75, 3.05) is 0 Å². The van der Waals surface area contributed by atoms with Crippen molar-refractivity contribution < 1.29 is 14.3 Å². The zero-order valence-corrected chi connectivity index (χ0v) is 8.52. The van der Waals surface area contributed by atoms with Crippen molar-refractivity contribution >= 4 is 17.1 Å². The Bertz CT molecular complexity index is 514. The highest BCUT2D eigenvalue weighted by Crippen LogP contribution is 2.20. The van der Waals surface area contributed by atoms with Gasteiger partial charge in [-0.25, -0.2) is 9.78 Å². The van der Waals surface area contributed by atoms with Crippen LogP contribution in [0.15, 0.2) is 22.6 Å². The fourth-order valence-corrected chi connectivity index (χ4v) is 1.36. The van der Waals surface area contributed by atoms with Gasteiger partial charge in [0, 0.05) is 17.1 Å². The highest BCUT2D eigenvalue weighted by atomic mass is 16.4. The molecule has 4 nitrogen and oxygen atoms in total. The molecule has 0 fully saturated rings. The number of furan rings is 1. The van der Waals surface area contributed by atoms with Gasteiger partial charge in [0.25, 0.3) is 0 Å². The Labute approximate surface area is 86.5 Å². The summed E-state index contributed by atoms with van der Waals surface area (Å²) < 4.78 is 5.11. The molecule has 2 heterocycles. The summed E-state index contributed by atoms with van der Waals surface area (Å²) in [6.07, 6.45) is 0. The van der Waals surface area contributed by atoms with Gasteiger partial charge in [0.2, 0.25) is 11.5 Å². The van der Waals surface area contributed by atoms with Crippen LogP contribution in [0.25, 0.3) is 11.1 Å². The molecule has 0 atom stereocenters. The number of nitrogens with zero attached hydrogens (tertiary/aromatic N) is 1. The first-order chi connectivity index (χ1) is 7.08. The fraction of sp³-hybridized carbons (Fsp3) is 0.273. The Morgan fingerprint density at radius 1 is 1.47 bits per heavy atom. The van der Waals surface area contributed by atoms with Crippen LogP contribution >= 0.6 is 0 Å². The minimum Gasteiger partial charge on any atom is -0.475 e. The molecule has 15 heavy (non-hydrogen) atoms. The zero-order chi connectivity index (χ0) is 11.0. The normalized spacial score (nSPS) is 11.1. The molecule has 78 valence electrons. The van der Waals surface area contributed by atoms with Crippen LogP contribution in [0.5, 0.6) is 0 Å². The van der Waals surface area contributed by atoms with Gasteiger partial charge >= 0.3 is 5.97 Å². The van der Waals surface area contributed by atoms with Gasteiger partial charge in [-0.3, -0.25) is 0 Å². The largest absolute Gasteiger partial charge is 0.475 e. The predicted octanol–water partition coefficient (Wildman–Crippen LogP) is 2.65. The molecule has 0 unspecified atom stereocenters. The average Bonchev–Trinajstić information content (AvgIpc) is 2.59. The summed E-state index contributed by atoms with van der Waals surface area (Å²) in [6.45, 7) is 4.05. The van der Waals surface area contributed by atoms with Gasteiger partial charge in [-0.15, -0.1) is 0 Å². The van der Waals surface area contributed by atoms with Gasteiger partial charge in [-0.05, 0) is 18.1 Å². The summed E-state index contributed by atoms with van der Waals surface area (Å²) in [5.41, 5.74) is 1.28. The van der Waals surface area contributed by atoms with Crippen LogP contribution in [0.3, 0.4) is 0 Å². The SMILES string of the molecule is CC(C)c1ccc2cc(C(=O)O)oc2n1. The summed E-state index contributed by atoms with van der Waals surface area (Å²) in [7, 11) is 0. The van der Waals surface area contributed by atoms with E-state index in [2.05, 4.69) is 4.98 Å². The van der Waals surface area contributed by atoms with E-state index in [1.807, 2.05) is 26.0 Å². The summed E-state index contributed by atoms with van der Waals surface area (Å²) >= 11 is 0. The van der Waals surface area contributed by atoms with Crippen molar-refractivity contribution in [2.24, 2.45) is 0 Å². The molecule has 2 aromatic rings. The molecule has 0 radical (unpaired) electrons. The van der Waals surface area contributed by atoms with Crippen LogP contribution in [-0.4, -0.2) is 16.1 Å². The molecule has 2 aromatic heterocycles. The van der Waals surface area contributed by atoms with Crippen molar-refractivity contribution in [2.45, 2.75) is 19.8 Å². The standard InChI is InChI=1S/C11H11NO3/c1-6(2)8-4-3-7-5-9(11(13)14)15-10(7)12-8/h3-6H,1-2H3,(H,13,14). The molecule has 0 amide bonds. The fourth-order valence-electron chi connectivity index (χ4n) is 1.36. The first-order valence-corrected chi connectivity index (χ1v) is 4.71. The van der Waals surface area contributed by atoms with Crippen LogP contribution in [0.4, 0.5) is 0 Å². The van der Waals surface area contributed by atoms with E-state index in [0.29, 0.717) is 11.6 Å². The Morgan fingerprint density at radius 2 is 2.20 bits per heavy atom. The topological polar surface area (TPSA) is 63.3 Å². The number of carbonyl (C=O) groups is 1. The summed E-state index contributed by atoms with van der Waals surface area (Å²) in [5.74, 6) is -0.842. The zero-order valence-electron chi connectivity index (χ0n) is 8.52. The lowest BCUT2D eigenvalue weighted by atomic mass is 10.1. The molecule has 0 aliphatic carbocycles. The van der Waals surface area contributed by atoms with E-state index in [1.54, 1.807) is 0 Å². The number of hydrogen-bond donors (Lipinski definition) is 1. The van der Waals surface area contributed by atoms with Crippen LogP contribution in [0.2, 0.25) is 0 Å². The van der Waals surface area contributed by atoms with Gasteiger partial charge in [-0.2, -0.15) is 0 Å². The van der Waals surface area contributed by atoms with E-state index in [0.717, 1.165) is 11.1 Å². The summed E-state index contributed by atoms with van der Waals surface area (Å²) in [5, 5.41) is 9.46. The Morgan fingerprint density at radius 3 is 2.80 bits per heavy atom. The van der Waals surface area contributed by atoms with E-state index < -0.39 is 5.97 Å². The second-order valence-electron chi connectivity index (χ2n) is 3.70. The first kappa shape index (κ1) is 9.71. The Hall–Kier alpha value is -1.84. The lowest BCUT2D eigenvalue weighted by Gasteiger charge is -2.01. The third kappa shape index (κ3) is 1.70. The number of rotatable bonds is 2. The molecule has 0 spiro atoms. The summed E-state index contributed by atoms with van der Waals surface area (Å²) in [4.78, 5) is 14.9. The molecule has 0 aliphatic rings. The quantitative estimate of drug-likeness (QED) is 0.818. The van der Waals surface area contributed by atoms with E-state index in [-0.39, 0.29) is 5.76 Å². The number of carboxylic acid groups (broad SMARTS) is 1. The van der Waals surface area contributed by atoms with Crippen molar-refractivity contribution in [3.8, 4) is 0 Å². The maximum Gasteiger partial charge on any atom is 0.371 e. The van der Waals surface area contributed by atoms with Crippen LogP contribution in [0.1, 0.15) is 36.0 Å². The molecule has 0 bridgehead atoms. The predicted molar refractivity (Wildman–Crippen MR) is 55.1 cm³/mol. The Kier molecular flexibility index (Phi) is 2.19. The maximum absolute atomic E-state index is 10.7. The van der Waals surface area contributed by atoms with Crippen molar-refractivity contribution in [3.05, 3.63) is 29.7 Å². The number of aromatic nitrogens is 1. The van der Waals surface area contributed by atoms with Crippen LogP contribution in [-0.2, 0) is 0 Å². The van der Waals surface area contributed by atoms with Crippen molar-refractivity contribution in [3.63, 3.8) is 0 Å². The van der Waals surface area contributed by atoms with Gasteiger partial charge in [0.15, 0.2) is 0 Å². The first-order valence-electron chi connectivity index (χ1n) is 4.71. The second-order valence-corrected chi connectivity index (χ2v) is 3.70. The lowest BCUT2D eigenvalue weighted by Crippen LogP contribution is -1.91. The maximum atomic E-state index is 10.7. The van der Waals surface area contributed by atoms with E-state index in [4.69, 9.17) is 9.52 Å². The molecule has 0 saturated heterocycles. The van der Waals surface area contributed by atoms with E-state index in [9.17, 15) is 4.79 Å². The van der Waals surface area contributed by atoms with Crippen molar-refractivity contribution in [1.29, 1.82) is 0 Å². The molecule has 1 N–H and O–H groups in total. The van der Waals surface area contributed by atoms with Crippen LogP contribution in [0, 0.1) is 0 Å². The number of pyridine rings is 1. The number of aromatic carboxylic acids is 1. The van der Waals surface area contributed by atoms with Crippen LogP contribution < -0.4 is 0 Å². The third-order valence-electron chi connectivity index (χ3n) is 2.21.